The van der Waals surface area contributed by atoms with Gasteiger partial charge in [-0.3, -0.25) is 0 Å². The molecule has 0 amide bonds. The molecule has 0 aliphatic carbocycles. The van der Waals surface area contributed by atoms with Crippen LogP contribution in [0.15, 0.2) is 34.0 Å². The lowest BCUT2D eigenvalue weighted by molar-refractivity contribution is 0.575. The lowest BCUT2D eigenvalue weighted by atomic mass is 10.2. The fourth-order valence-electron chi connectivity index (χ4n) is 1.52. The molecule has 0 aliphatic rings. The molecular formula is C11H12FN3O2S2. The zero-order valence-corrected chi connectivity index (χ0v) is 11.5. The molecule has 102 valence electrons. The first-order chi connectivity index (χ1) is 9.03. The summed E-state index contributed by atoms with van der Waals surface area (Å²) in [6.07, 6.45) is 0. The number of nitrogens with zero attached hydrogens (tertiary/aromatic N) is 1. The molecule has 0 saturated carbocycles. The molecule has 0 atom stereocenters. The molecule has 0 aliphatic heterocycles. The van der Waals surface area contributed by atoms with Crippen molar-refractivity contribution in [1.29, 1.82) is 0 Å². The predicted octanol–water partition coefficient (Wildman–Crippen LogP) is 1.22. The Hall–Kier alpha value is -1.35. The number of benzene rings is 1. The number of hydrogen-bond donors (Lipinski definition) is 2. The predicted molar refractivity (Wildman–Crippen MR) is 70.4 cm³/mol. The molecule has 1 aromatic heterocycles. The summed E-state index contributed by atoms with van der Waals surface area (Å²) >= 11 is 1.37. The molecule has 19 heavy (non-hydrogen) atoms. The monoisotopic (exact) mass is 301 g/mol. The molecule has 0 unspecified atom stereocenters. The molecule has 0 fully saturated rings. The number of rotatable bonds is 5. The fraction of sp³-hybridized carbons (Fsp3) is 0.182. The maximum Gasteiger partial charge on any atom is 0.241 e. The Kier molecular flexibility index (Phi) is 4.25. The lowest BCUT2D eigenvalue weighted by Crippen LogP contribution is -2.25. The van der Waals surface area contributed by atoms with Crippen LogP contribution in [-0.4, -0.2) is 13.4 Å². The summed E-state index contributed by atoms with van der Waals surface area (Å²) in [5.41, 5.74) is 8.05. The van der Waals surface area contributed by atoms with Gasteiger partial charge < -0.3 is 5.73 Å². The van der Waals surface area contributed by atoms with Gasteiger partial charge in [0.1, 0.15) is 5.82 Å². The Labute approximate surface area is 114 Å². The molecule has 0 bridgehead atoms. The largest absolute Gasteiger partial charge is 0.326 e. The maximum absolute atomic E-state index is 13.2. The standard InChI is InChI=1S/C11H12FN3O2S2/c12-9-2-1-8(4-13)11(3-9)19(16,17)15-5-10-6-18-7-14-10/h1-3,6-7,15H,4-5,13H2. The number of hydrogen-bond acceptors (Lipinski definition) is 5. The minimum absolute atomic E-state index is 0.0211. The highest BCUT2D eigenvalue weighted by molar-refractivity contribution is 7.89. The fourth-order valence-corrected chi connectivity index (χ4v) is 3.33. The highest BCUT2D eigenvalue weighted by Crippen LogP contribution is 2.17. The van der Waals surface area contributed by atoms with Gasteiger partial charge in [-0.2, -0.15) is 0 Å². The van der Waals surface area contributed by atoms with E-state index < -0.39 is 15.8 Å². The van der Waals surface area contributed by atoms with Crippen LogP contribution in [0.5, 0.6) is 0 Å². The van der Waals surface area contributed by atoms with Crippen molar-refractivity contribution in [2.45, 2.75) is 18.0 Å². The number of nitrogens with one attached hydrogen (secondary N) is 1. The molecule has 2 rings (SSSR count). The molecule has 0 spiro atoms. The van der Waals surface area contributed by atoms with Gasteiger partial charge in [-0.1, -0.05) is 6.07 Å². The van der Waals surface area contributed by atoms with Crippen molar-refractivity contribution in [3.63, 3.8) is 0 Å². The Balaban J connectivity index is 2.26. The van der Waals surface area contributed by atoms with Gasteiger partial charge in [0.25, 0.3) is 0 Å². The van der Waals surface area contributed by atoms with Crippen molar-refractivity contribution in [2.75, 3.05) is 0 Å². The highest BCUT2D eigenvalue weighted by Gasteiger charge is 2.18. The highest BCUT2D eigenvalue weighted by atomic mass is 32.2. The smallest absolute Gasteiger partial charge is 0.241 e. The van der Waals surface area contributed by atoms with E-state index in [2.05, 4.69) is 9.71 Å². The van der Waals surface area contributed by atoms with E-state index >= 15 is 0 Å². The van der Waals surface area contributed by atoms with E-state index in [1.165, 1.54) is 23.5 Å². The number of sulfonamides is 1. The molecular weight excluding hydrogens is 289 g/mol. The number of halogens is 1. The molecule has 0 saturated heterocycles. The Bertz CT molecular complexity index is 657. The third kappa shape index (κ3) is 3.35. The average Bonchev–Trinajstić information content (AvgIpc) is 2.89. The van der Waals surface area contributed by atoms with Crippen molar-refractivity contribution in [2.24, 2.45) is 5.73 Å². The number of nitrogens with two attached hydrogens (primary N) is 1. The normalized spacial score (nSPS) is 11.7. The average molecular weight is 301 g/mol. The summed E-state index contributed by atoms with van der Waals surface area (Å²) in [6.45, 7) is 0.0829. The van der Waals surface area contributed by atoms with Gasteiger partial charge in [0.05, 0.1) is 22.6 Å². The lowest BCUT2D eigenvalue weighted by Gasteiger charge is -2.09. The van der Waals surface area contributed by atoms with E-state index in [9.17, 15) is 12.8 Å². The SMILES string of the molecule is NCc1ccc(F)cc1S(=O)(=O)NCc1cscn1. The van der Waals surface area contributed by atoms with Crippen LogP contribution in [0.4, 0.5) is 4.39 Å². The van der Waals surface area contributed by atoms with E-state index in [1.807, 2.05) is 0 Å². The quantitative estimate of drug-likeness (QED) is 0.869. The Morgan fingerprint density at radius 1 is 1.42 bits per heavy atom. The van der Waals surface area contributed by atoms with E-state index in [0.717, 1.165) is 6.07 Å². The van der Waals surface area contributed by atoms with Crippen molar-refractivity contribution in [3.8, 4) is 0 Å². The second kappa shape index (κ2) is 5.74. The van der Waals surface area contributed by atoms with Gasteiger partial charge in [0.2, 0.25) is 10.0 Å². The summed E-state index contributed by atoms with van der Waals surface area (Å²) < 4.78 is 39.8. The van der Waals surface area contributed by atoms with Gasteiger partial charge in [-0.15, -0.1) is 11.3 Å². The van der Waals surface area contributed by atoms with Crippen LogP contribution in [0, 0.1) is 5.82 Å². The van der Waals surface area contributed by atoms with E-state index in [1.54, 1.807) is 10.9 Å². The van der Waals surface area contributed by atoms with E-state index in [0.29, 0.717) is 11.3 Å². The van der Waals surface area contributed by atoms with E-state index in [-0.39, 0.29) is 18.0 Å². The molecule has 5 nitrogen and oxygen atoms in total. The molecule has 2 aromatic rings. The number of aromatic nitrogens is 1. The summed E-state index contributed by atoms with van der Waals surface area (Å²) in [4.78, 5) is 3.83. The zero-order valence-electron chi connectivity index (χ0n) is 9.84. The van der Waals surface area contributed by atoms with Crippen LogP contribution < -0.4 is 10.5 Å². The van der Waals surface area contributed by atoms with Crippen molar-refractivity contribution in [1.82, 2.24) is 9.71 Å². The topological polar surface area (TPSA) is 85.1 Å². The van der Waals surface area contributed by atoms with Gasteiger partial charge in [0.15, 0.2) is 0 Å². The zero-order chi connectivity index (χ0) is 13.9. The van der Waals surface area contributed by atoms with Gasteiger partial charge >= 0.3 is 0 Å². The van der Waals surface area contributed by atoms with Crippen LogP contribution in [0.1, 0.15) is 11.3 Å². The minimum Gasteiger partial charge on any atom is -0.326 e. The summed E-state index contributed by atoms with van der Waals surface area (Å²) in [6, 6.07) is 3.51. The van der Waals surface area contributed by atoms with Gasteiger partial charge in [-0.05, 0) is 17.7 Å². The Morgan fingerprint density at radius 2 is 2.21 bits per heavy atom. The molecule has 8 heteroatoms. The Morgan fingerprint density at radius 3 is 2.84 bits per heavy atom. The molecule has 3 N–H and O–H groups in total. The first-order valence-corrected chi connectivity index (χ1v) is 7.81. The summed E-state index contributed by atoms with van der Waals surface area (Å²) in [7, 11) is -3.81. The van der Waals surface area contributed by atoms with Gasteiger partial charge in [-0.25, -0.2) is 22.5 Å². The third-order valence-corrected chi connectivity index (χ3v) is 4.58. The van der Waals surface area contributed by atoms with Crippen LogP contribution in [0.3, 0.4) is 0 Å². The first-order valence-electron chi connectivity index (χ1n) is 5.38. The minimum atomic E-state index is -3.81. The van der Waals surface area contributed by atoms with Gasteiger partial charge in [0, 0.05) is 11.9 Å². The molecule has 0 radical (unpaired) electrons. The maximum atomic E-state index is 13.2. The van der Waals surface area contributed by atoms with Crippen LogP contribution in [0.2, 0.25) is 0 Å². The van der Waals surface area contributed by atoms with Crippen LogP contribution in [0.25, 0.3) is 0 Å². The second-order valence-corrected chi connectivity index (χ2v) is 6.21. The first kappa shape index (κ1) is 14.1. The van der Waals surface area contributed by atoms with Crippen LogP contribution >= 0.6 is 11.3 Å². The van der Waals surface area contributed by atoms with Crippen LogP contribution in [-0.2, 0) is 23.1 Å². The van der Waals surface area contributed by atoms with E-state index in [4.69, 9.17) is 5.73 Å². The number of thiazole rings is 1. The molecule has 1 aromatic carbocycles. The van der Waals surface area contributed by atoms with Crippen molar-refractivity contribution >= 4 is 21.4 Å². The summed E-state index contributed by atoms with van der Waals surface area (Å²) in [5, 5.41) is 1.73. The third-order valence-electron chi connectivity index (χ3n) is 2.47. The van der Waals surface area contributed by atoms with Crippen molar-refractivity contribution in [3.05, 3.63) is 46.2 Å². The summed E-state index contributed by atoms with van der Waals surface area (Å²) in [5.74, 6) is -0.619. The van der Waals surface area contributed by atoms with Crippen molar-refractivity contribution < 1.29 is 12.8 Å². The molecule has 1 heterocycles. The second-order valence-electron chi connectivity index (χ2n) is 3.76.